The van der Waals surface area contributed by atoms with Crippen molar-refractivity contribution in [1.82, 2.24) is 9.88 Å². The lowest BCUT2D eigenvalue weighted by molar-refractivity contribution is -0.142. The van der Waals surface area contributed by atoms with Crippen molar-refractivity contribution in [2.75, 3.05) is 26.3 Å². The maximum atomic E-state index is 12.4. The number of piperidine rings is 1. The van der Waals surface area contributed by atoms with Crippen LogP contribution in [-0.4, -0.2) is 52.8 Å². The van der Waals surface area contributed by atoms with Gasteiger partial charge in [-0.25, -0.2) is 0 Å². The van der Waals surface area contributed by atoms with Crippen LogP contribution >= 0.6 is 0 Å². The van der Waals surface area contributed by atoms with Gasteiger partial charge >= 0.3 is 0 Å². The Hall–Kier alpha value is -2.60. The number of hydrogen-bond donors (Lipinski definition) is 1. The second-order valence-corrected chi connectivity index (χ2v) is 6.72. The van der Waals surface area contributed by atoms with E-state index >= 15 is 0 Å². The molecule has 1 aliphatic rings. The van der Waals surface area contributed by atoms with Crippen LogP contribution in [0.3, 0.4) is 0 Å². The van der Waals surface area contributed by atoms with E-state index in [1.807, 2.05) is 31.2 Å². The van der Waals surface area contributed by atoms with E-state index in [-0.39, 0.29) is 25.7 Å². The van der Waals surface area contributed by atoms with Gasteiger partial charge in [0.05, 0.1) is 12.7 Å². The molecule has 6 heteroatoms. The average Bonchev–Trinajstić information content (AvgIpc) is 2.66. The smallest absolute Gasteiger partial charge is 0.260 e. The Morgan fingerprint density at radius 2 is 2.04 bits per heavy atom. The number of likely N-dealkylation sites (tertiary alicyclic amines) is 1. The summed E-state index contributed by atoms with van der Waals surface area (Å²) in [6.07, 6.45) is 4.54. The van der Waals surface area contributed by atoms with Crippen LogP contribution in [0, 0.1) is 6.92 Å². The number of aliphatic hydroxyl groups is 1. The Bertz CT molecular complexity index is 720. The zero-order chi connectivity index (χ0) is 18.4. The first-order valence-corrected chi connectivity index (χ1v) is 8.77. The molecule has 2 heterocycles. The van der Waals surface area contributed by atoms with Crippen molar-refractivity contribution >= 4 is 5.91 Å². The van der Waals surface area contributed by atoms with Crippen LogP contribution in [0.1, 0.15) is 18.4 Å². The van der Waals surface area contributed by atoms with E-state index < -0.39 is 5.60 Å². The molecular weight excluding hydrogens is 332 g/mol. The topological polar surface area (TPSA) is 71.9 Å². The second kappa shape index (κ2) is 8.19. The van der Waals surface area contributed by atoms with Crippen LogP contribution in [0.15, 0.2) is 48.8 Å². The minimum Gasteiger partial charge on any atom is -0.491 e. The molecule has 26 heavy (non-hydrogen) atoms. The summed E-state index contributed by atoms with van der Waals surface area (Å²) in [4.78, 5) is 18.0. The van der Waals surface area contributed by atoms with Gasteiger partial charge in [-0.15, -0.1) is 0 Å². The number of pyridine rings is 1. The summed E-state index contributed by atoms with van der Waals surface area (Å²) >= 11 is 0. The van der Waals surface area contributed by atoms with Gasteiger partial charge in [0.25, 0.3) is 5.91 Å². The number of aryl methyl sites for hydroxylation is 1. The van der Waals surface area contributed by atoms with Gasteiger partial charge in [-0.05, 0) is 44.0 Å². The molecule has 6 nitrogen and oxygen atoms in total. The summed E-state index contributed by atoms with van der Waals surface area (Å²) in [7, 11) is 0. The molecule has 138 valence electrons. The zero-order valence-corrected chi connectivity index (χ0v) is 14.9. The summed E-state index contributed by atoms with van der Waals surface area (Å²) in [6.45, 7) is 2.95. The normalized spacial score (nSPS) is 19.8. The van der Waals surface area contributed by atoms with E-state index in [1.54, 1.807) is 29.4 Å². The van der Waals surface area contributed by atoms with E-state index in [4.69, 9.17) is 9.47 Å². The van der Waals surface area contributed by atoms with E-state index in [0.717, 1.165) is 12.0 Å². The molecule has 0 bridgehead atoms. The maximum absolute atomic E-state index is 12.4. The first kappa shape index (κ1) is 18.2. The molecule has 1 saturated heterocycles. The fourth-order valence-electron chi connectivity index (χ4n) is 2.96. The Morgan fingerprint density at radius 1 is 1.23 bits per heavy atom. The average molecular weight is 356 g/mol. The predicted octanol–water partition coefficient (Wildman–Crippen LogP) is 2.20. The van der Waals surface area contributed by atoms with Crippen molar-refractivity contribution in [1.29, 1.82) is 0 Å². The molecule has 2 aromatic rings. The first-order chi connectivity index (χ1) is 12.5. The fraction of sp³-hybridized carbons (Fsp3) is 0.400. The number of rotatable bonds is 6. The van der Waals surface area contributed by atoms with Gasteiger partial charge in [0.15, 0.2) is 6.61 Å². The number of β-amino-alcohol motifs (C(OH)–C–C–N with tert-alkyl or cyclic N) is 1. The number of carbonyl (C=O) groups excluding carboxylic acids is 1. The molecule has 0 unspecified atom stereocenters. The van der Waals surface area contributed by atoms with Crippen LogP contribution in [0.4, 0.5) is 0 Å². The molecule has 1 fully saturated rings. The Balaban J connectivity index is 1.52. The Labute approximate surface area is 153 Å². The number of hydrogen-bond acceptors (Lipinski definition) is 5. The highest BCUT2D eigenvalue weighted by molar-refractivity contribution is 5.78. The van der Waals surface area contributed by atoms with E-state index in [1.165, 1.54) is 0 Å². The lowest BCUT2D eigenvalue weighted by Gasteiger charge is -2.38. The van der Waals surface area contributed by atoms with Gasteiger partial charge < -0.3 is 19.5 Å². The standard InChI is InChI=1S/C20H24N2O4/c1-16-5-7-17(8-6-16)26-15-20(24)9-3-11-22(14-20)19(23)13-25-18-4-2-10-21-12-18/h2,4-8,10,12,24H,3,9,11,13-15H2,1H3/t20-/m0/s1. The number of amides is 1. The van der Waals surface area contributed by atoms with Crippen LogP contribution < -0.4 is 9.47 Å². The third kappa shape index (κ3) is 4.95. The molecule has 3 rings (SSSR count). The van der Waals surface area contributed by atoms with Crippen molar-refractivity contribution in [3.05, 3.63) is 54.4 Å². The molecule has 0 radical (unpaired) electrons. The molecule has 1 aromatic heterocycles. The first-order valence-electron chi connectivity index (χ1n) is 8.77. The number of ether oxygens (including phenoxy) is 2. The van der Waals surface area contributed by atoms with Crippen LogP contribution in [0.2, 0.25) is 0 Å². The molecule has 1 aliphatic heterocycles. The molecule has 0 saturated carbocycles. The van der Waals surface area contributed by atoms with Gasteiger partial charge in [-0.1, -0.05) is 17.7 Å². The Kier molecular flexibility index (Phi) is 5.73. The van der Waals surface area contributed by atoms with Crippen molar-refractivity contribution < 1.29 is 19.4 Å². The van der Waals surface area contributed by atoms with Crippen molar-refractivity contribution in [3.8, 4) is 11.5 Å². The number of nitrogens with zero attached hydrogens (tertiary/aromatic N) is 2. The summed E-state index contributed by atoms with van der Waals surface area (Å²) in [5.74, 6) is 1.12. The summed E-state index contributed by atoms with van der Waals surface area (Å²) < 4.78 is 11.2. The fourth-order valence-corrected chi connectivity index (χ4v) is 2.96. The molecule has 1 N–H and O–H groups in total. The van der Waals surface area contributed by atoms with Gasteiger partial charge in [0.2, 0.25) is 0 Å². The van der Waals surface area contributed by atoms with Gasteiger partial charge in [-0.2, -0.15) is 0 Å². The molecule has 0 aliphatic carbocycles. The van der Waals surface area contributed by atoms with Gasteiger partial charge in [0.1, 0.15) is 23.7 Å². The molecule has 1 aromatic carbocycles. The monoisotopic (exact) mass is 356 g/mol. The van der Waals surface area contributed by atoms with Crippen molar-refractivity contribution in [3.63, 3.8) is 0 Å². The third-order valence-electron chi connectivity index (χ3n) is 4.43. The van der Waals surface area contributed by atoms with Crippen LogP contribution in [0.25, 0.3) is 0 Å². The largest absolute Gasteiger partial charge is 0.491 e. The van der Waals surface area contributed by atoms with Crippen LogP contribution in [0.5, 0.6) is 11.5 Å². The highest BCUT2D eigenvalue weighted by Crippen LogP contribution is 2.23. The SMILES string of the molecule is Cc1ccc(OC[C@]2(O)CCCN(C(=O)COc3cccnc3)C2)cc1. The molecule has 1 amide bonds. The maximum Gasteiger partial charge on any atom is 0.260 e. The third-order valence-corrected chi connectivity index (χ3v) is 4.43. The molecule has 0 spiro atoms. The van der Waals surface area contributed by atoms with Crippen LogP contribution in [-0.2, 0) is 4.79 Å². The molecule has 1 atom stereocenters. The summed E-state index contributed by atoms with van der Waals surface area (Å²) in [6, 6.07) is 11.2. The number of benzene rings is 1. The van der Waals surface area contributed by atoms with Gasteiger partial charge in [-0.3, -0.25) is 9.78 Å². The Morgan fingerprint density at radius 3 is 2.77 bits per heavy atom. The predicted molar refractivity (Wildman–Crippen MR) is 97.2 cm³/mol. The van der Waals surface area contributed by atoms with Crippen molar-refractivity contribution in [2.45, 2.75) is 25.4 Å². The number of aromatic nitrogens is 1. The molecular formula is C20H24N2O4. The minimum absolute atomic E-state index is 0.0689. The highest BCUT2D eigenvalue weighted by atomic mass is 16.5. The number of carbonyl (C=O) groups is 1. The zero-order valence-electron chi connectivity index (χ0n) is 14.9. The second-order valence-electron chi connectivity index (χ2n) is 6.72. The lowest BCUT2D eigenvalue weighted by Crippen LogP contribution is -2.54. The van der Waals surface area contributed by atoms with E-state index in [9.17, 15) is 9.90 Å². The van der Waals surface area contributed by atoms with E-state index in [0.29, 0.717) is 24.5 Å². The quantitative estimate of drug-likeness (QED) is 0.859. The highest BCUT2D eigenvalue weighted by Gasteiger charge is 2.36. The van der Waals surface area contributed by atoms with Gasteiger partial charge in [0, 0.05) is 12.7 Å². The van der Waals surface area contributed by atoms with E-state index in [2.05, 4.69) is 4.98 Å². The summed E-state index contributed by atoms with van der Waals surface area (Å²) in [5, 5.41) is 10.8. The summed E-state index contributed by atoms with van der Waals surface area (Å²) in [5.41, 5.74) is 0.103. The lowest BCUT2D eigenvalue weighted by atomic mass is 9.93. The minimum atomic E-state index is -1.05. The van der Waals surface area contributed by atoms with Crippen molar-refractivity contribution in [2.24, 2.45) is 0 Å².